The van der Waals surface area contributed by atoms with Crippen molar-refractivity contribution in [3.05, 3.63) is 3.95 Å². The van der Waals surface area contributed by atoms with Crippen LogP contribution in [0.1, 0.15) is 13.8 Å². The molecule has 0 spiro atoms. The van der Waals surface area contributed by atoms with Crippen LogP contribution in [0.15, 0.2) is 0 Å². The highest BCUT2D eigenvalue weighted by Gasteiger charge is 2.23. The fourth-order valence-corrected chi connectivity index (χ4v) is 2.59. The fraction of sp³-hybridized carbons (Fsp3) is 0.750. The molecular weight excluding hydrogens is 218 g/mol. The molecule has 0 aliphatic carbocycles. The van der Waals surface area contributed by atoms with E-state index in [4.69, 9.17) is 17.0 Å². The topological polar surface area (TPSA) is 41.2 Å². The van der Waals surface area contributed by atoms with E-state index in [9.17, 15) is 0 Å². The van der Waals surface area contributed by atoms with Gasteiger partial charge in [0.05, 0.1) is 12.2 Å². The van der Waals surface area contributed by atoms with Gasteiger partial charge in [0.1, 0.15) is 0 Å². The number of rotatable bonds is 1. The Bertz CT molecular complexity index is 351. The van der Waals surface area contributed by atoms with Gasteiger partial charge in [-0.3, -0.25) is 5.10 Å². The van der Waals surface area contributed by atoms with Crippen molar-refractivity contribution >= 4 is 28.7 Å². The van der Waals surface area contributed by atoms with Crippen LogP contribution in [0, 0.1) is 3.95 Å². The second-order valence-corrected chi connectivity index (χ2v) is 5.20. The minimum atomic E-state index is 0.260. The zero-order valence-corrected chi connectivity index (χ0v) is 9.82. The lowest BCUT2D eigenvalue weighted by Gasteiger charge is -2.34. The van der Waals surface area contributed by atoms with Crippen LogP contribution in [0.3, 0.4) is 0 Å². The Kier molecular flexibility index (Phi) is 2.85. The van der Waals surface area contributed by atoms with E-state index >= 15 is 0 Å². The van der Waals surface area contributed by atoms with Crippen LogP contribution in [0.5, 0.6) is 0 Å². The molecule has 1 fully saturated rings. The summed E-state index contributed by atoms with van der Waals surface area (Å²) in [6.45, 7) is 5.93. The van der Waals surface area contributed by atoms with Crippen molar-refractivity contribution in [1.29, 1.82) is 0 Å². The van der Waals surface area contributed by atoms with Gasteiger partial charge in [0.2, 0.25) is 5.13 Å². The number of hydrogen-bond donors (Lipinski definition) is 1. The second kappa shape index (κ2) is 3.96. The summed E-state index contributed by atoms with van der Waals surface area (Å²) in [5.41, 5.74) is 0. The third-order valence-corrected chi connectivity index (χ3v) is 3.27. The van der Waals surface area contributed by atoms with Gasteiger partial charge in [-0.2, -0.15) is 0 Å². The van der Waals surface area contributed by atoms with Crippen LogP contribution in [-0.2, 0) is 4.74 Å². The van der Waals surface area contributed by atoms with Crippen molar-refractivity contribution < 1.29 is 4.74 Å². The molecule has 78 valence electrons. The zero-order valence-electron chi connectivity index (χ0n) is 8.19. The number of anilines is 1. The molecule has 2 rings (SSSR count). The molecule has 0 amide bonds. The molecule has 0 radical (unpaired) electrons. The average Bonchev–Trinajstić information content (AvgIpc) is 2.50. The summed E-state index contributed by atoms with van der Waals surface area (Å²) in [4.78, 5) is 2.22. The van der Waals surface area contributed by atoms with Crippen LogP contribution in [-0.4, -0.2) is 35.5 Å². The van der Waals surface area contributed by atoms with Crippen molar-refractivity contribution in [2.75, 3.05) is 18.0 Å². The van der Waals surface area contributed by atoms with Gasteiger partial charge in [-0.15, -0.1) is 5.10 Å². The Hall–Kier alpha value is -0.460. The summed E-state index contributed by atoms with van der Waals surface area (Å²) >= 11 is 6.52. The van der Waals surface area contributed by atoms with Gasteiger partial charge >= 0.3 is 0 Å². The molecule has 1 aromatic heterocycles. The van der Waals surface area contributed by atoms with E-state index in [-0.39, 0.29) is 12.2 Å². The van der Waals surface area contributed by atoms with Gasteiger partial charge < -0.3 is 9.64 Å². The largest absolute Gasteiger partial charge is 0.372 e. The van der Waals surface area contributed by atoms with Crippen molar-refractivity contribution in [3.8, 4) is 0 Å². The van der Waals surface area contributed by atoms with Gasteiger partial charge in [-0.25, -0.2) is 0 Å². The Morgan fingerprint density at radius 1 is 1.50 bits per heavy atom. The van der Waals surface area contributed by atoms with Crippen molar-refractivity contribution in [1.82, 2.24) is 10.2 Å². The maximum atomic E-state index is 5.64. The smallest absolute Gasteiger partial charge is 0.207 e. The first-order valence-corrected chi connectivity index (χ1v) is 5.83. The van der Waals surface area contributed by atoms with E-state index in [1.807, 2.05) is 0 Å². The molecule has 1 N–H and O–H groups in total. The van der Waals surface area contributed by atoms with E-state index in [0.29, 0.717) is 0 Å². The number of aromatic nitrogens is 2. The number of nitrogens with one attached hydrogen (secondary N) is 1. The van der Waals surface area contributed by atoms with E-state index < -0.39 is 0 Å². The molecule has 4 nitrogen and oxygen atoms in total. The van der Waals surface area contributed by atoms with Gasteiger partial charge in [-0.05, 0) is 26.1 Å². The summed E-state index contributed by atoms with van der Waals surface area (Å²) in [7, 11) is 0. The molecule has 0 unspecified atom stereocenters. The molecule has 0 saturated carbocycles. The van der Waals surface area contributed by atoms with E-state index in [0.717, 1.165) is 22.2 Å². The lowest BCUT2D eigenvalue weighted by molar-refractivity contribution is -0.00525. The highest BCUT2D eigenvalue weighted by molar-refractivity contribution is 7.73. The van der Waals surface area contributed by atoms with Crippen LogP contribution in [0.4, 0.5) is 5.13 Å². The van der Waals surface area contributed by atoms with Gasteiger partial charge in [0.15, 0.2) is 3.95 Å². The van der Waals surface area contributed by atoms with Crippen molar-refractivity contribution in [2.24, 2.45) is 0 Å². The SMILES string of the molecule is C[C@@H]1CN(c2n[nH]c(=S)s2)C[C@H](C)O1. The normalized spacial score (nSPS) is 28.0. The standard InChI is InChI=1S/C8H13N3OS2/c1-5-3-11(4-6(2)12-5)7-9-10-8(13)14-7/h5-6H,3-4H2,1-2H3,(H,10,13)/t5-,6+. The maximum absolute atomic E-state index is 5.64. The number of nitrogens with zero attached hydrogens (tertiary/aromatic N) is 2. The van der Waals surface area contributed by atoms with Gasteiger partial charge in [-0.1, -0.05) is 11.3 Å². The van der Waals surface area contributed by atoms with E-state index in [1.165, 1.54) is 11.3 Å². The molecule has 1 saturated heterocycles. The van der Waals surface area contributed by atoms with Crippen molar-refractivity contribution in [3.63, 3.8) is 0 Å². The average molecular weight is 231 g/mol. The minimum Gasteiger partial charge on any atom is -0.372 e. The highest BCUT2D eigenvalue weighted by Crippen LogP contribution is 2.21. The van der Waals surface area contributed by atoms with Gasteiger partial charge in [0, 0.05) is 13.1 Å². The Labute approximate surface area is 91.9 Å². The summed E-state index contributed by atoms with van der Waals surface area (Å²) < 4.78 is 6.37. The van der Waals surface area contributed by atoms with Gasteiger partial charge in [0.25, 0.3) is 0 Å². The van der Waals surface area contributed by atoms with Crippen LogP contribution in [0.2, 0.25) is 0 Å². The lowest BCUT2D eigenvalue weighted by Crippen LogP contribution is -2.45. The number of aromatic amines is 1. The Balaban J connectivity index is 2.14. The first-order chi connectivity index (χ1) is 6.65. The molecule has 14 heavy (non-hydrogen) atoms. The minimum absolute atomic E-state index is 0.260. The first kappa shape index (κ1) is 10.1. The van der Waals surface area contributed by atoms with Crippen LogP contribution < -0.4 is 4.90 Å². The van der Waals surface area contributed by atoms with Crippen molar-refractivity contribution in [2.45, 2.75) is 26.1 Å². The molecular formula is C8H13N3OS2. The zero-order chi connectivity index (χ0) is 10.1. The second-order valence-electron chi connectivity index (χ2n) is 3.56. The summed E-state index contributed by atoms with van der Waals surface area (Å²) in [6, 6.07) is 0. The predicted molar refractivity (Wildman–Crippen MR) is 59.5 cm³/mol. The van der Waals surface area contributed by atoms with E-state index in [2.05, 4.69) is 28.9 Å². The number of morpholine rings is 1. The quantitative estimate of drug-likeness (QED) is 0.748. The predicted octanol–water partition coefficient (Wildman–Crippen LogP) is 1.81. The third kappa shape index (κ3) is 2.13. The monoisotopic (exact) mass is 231 g/mol. The molecule has 0 aromatic carbocycles. The maximum Gasteiger partial charge on any atom is 0.207 e. The summed E-state index contributed by atoms with van der Waals surface area (Å²) in [6.07, 6.45) is 0.521. The Morgan fingerprint density at radius 3 is 2.64 bits per heavy atom. The number of hydrogen-bond acceptors (Lipinski definition) is 5. The molecule has 0 bridgehead atoms. The number of H-pyrrole nitrogens is 1. The Morgan fingerprint density at radius 2 is 2.14 bits per heavy atom. The van der Waals surface area contributed by atoms with E-state index in [1.54, 1.807) is 0 Å². The summed E-state index contributed by atoms with van der Waals surface area (Å²) in [5, 5.41) is 7.93. The number of ether oxygens (including phenoxy) is 1. The lowest BCUT2D eigenvalue weighted by atomic mass is 10.2. The molecule has 2 atom stereocenters. The molecule has 1 aromatic rings. The fourth-order valence-electron chi connectivity index (χ4n) is 1.69. The highest BCUT2D eigenvalue weighted by atomic mass is 32.1. The molecule has 1 aliphatic heterocycles. The van der Waals surface area contributed by atoms with Crippen LogP contribution >= 0.6 is 23.6 Å². The summed E-state index contributed by atoms with van der Waals surface area (Å²) in [5.74, 6) is 0. The first-order valence-electron chi connectivity index (χ1n) is 4.61. The molecule has 2 heterocycles. The molecule has 1 aliphatic rings. The van der Waals surface area contributed by atoms with Crippen LogP contribution in [0.25, 0.3) is 0 Å². The molecule has 6 heteroatoms. The third-order valence-electron chi connectivity index (χ3n) is 2.12.